The number of allylic oxidation sites excluding steroid dienone is 2. The average molecular weight is 739 g/mol. The molecule has 8 rings (SSSR count). The van der Waals surface area contributed by atoms with Gasteiger partial charge in [-0.25, -0.2) is 0 Å². The van der Waals surface area contributed by atoms with E-state index in [1.54, 1.807) is 0 Å². The number of hydrogen-bond acceptors (Lipinski definition) is 7. The van der Waals surface area contributed by atoms with Gasteiger partial charge in [0.25, 0.3) is 0 Å². The van der Waals surface area contributed by atoms with Crippen LogP contribution in [0.15, 0.2) is 52.7 Å². The van der Waals surface area contributed by atoms with Gasteiger partial charge in [-0.15, -0.1) is 0 Å². The van der Waals surface area contributed by atoms with Crippen LogP contribution >= 0.6 is 0 Å². The van der Waals surface area contributed by atoms with Crippen LogP contribution in [-0.2, 0) is 42.3 Å². The Morgan fingerprint density at radius 1 is 0.889 bits per heavy atom. The summed E-state index contributed by atoms with van der Waals surface area (Å²) in [7, 11) is 0. The first kappa shape index (κ1) is 37.5. The zero-order valence-corrected chi connectivity index (χ0v) is 33.6. The molecule has 8 atom stereocenters. The summed E-state index contributed by atoms with van der Waals surface area (Å²) in [6, 6.07) is 10.1. The van der Waals surface area contributed by atoms with Crippen molar-refractivity contribution in [1.29, 1.82) is 0 Å². The first-order valence-corrected chi connectivity index (χ1v) is 20.9. The molecule has 1 aliphatic heterocycles. The number of esters is 2. The van der Waals surface area contributed by atoms with E-state index < -0.39 is 10.8 Å². The summed E-state index contributed by atoms with van der Waals surface area (Å²) in [5.74, 6) is 1.37. The molecule has 1 saturated heterocycles. The fourth-order valence-electron chi connectivity index (χ4n) is 13.4. The van der Waals surface area contributed by atoms with Crippen molar-refractivity contribution in [1.82, 2.24) is 10.1 Å². The van der Waals surface area contributed by atoms with Crippen molar-refractivity contribution in [2.24, 2.45) is 44.8 Å². The second-order valence-corrected chi connectivity index (χ2v) is 20.0. The van der Waals surface area contributed by atoms with E-state index in [0.717, 1.165) is 101 Å². The maximum atomic E-state index is 14.4. The molecular weight excluding hydrogens is 677 g/mol. The van der Waals surface area contributed by atoms with Crippen LogP contribution < -0.4 is 0 Å². The number of carbonyl (C=O) groups is 3. The second kappa shape index (κ2) is 13.4. The van der Waals surface area contributed by atoms with E-state index in [1.165, 1.54) is 5.57 Å². The van der Waals surface area contributed by atoms with Crippen molar-refractivity contribution < 1.29 is 28.4 Å². The molecule has 8 nitrogen and oxygen atoms in total. The van der Waals surface area contributed by atoms with E-state index >= 15 is 0 Å². The molecule has 1 amide bonds. The van der Waals surface area contributed by atoms with Crippen LogP contribution in [0.3, 0.4) is 0 Å². The summed E-state index contributed by atoms with van der Waals surface area (Å²) in [6.45, 7) is 16.7. The highest BCUT2D eigenvalue weighted by Gasteiger charge is 2.70. The van der Waals surface area contributed by atoms with E-state index in [2.05, 4.69) is 52.8 Å². The van der Waals surface area contributed by atoms with E-state index in [-0.39, 0.29) is 70.8 Å². The summed E-state index contributed by atoms with van der Waals surface area (Å²) in [6.07, 6.45) is 15.5. The third-order valence-corrected chi connectivity index (χ3v) is 16.6. The van der Waals surface area contributed by atoms with Gasteiger partial charge in [-0.1, -0.05) is 81.8 Å². The Labute approximate surface area is 322 Å². The normalized spacial score (nSPS) is 37.8. The molecule has 1 aromatic heterocycles. The van der Waals surface area contributed by atoms with E-state index in [1.807, 2.05) is 41.4 Å². The number of hydrogen-bond donors (Lipinski definition) is 0. The SMILES string of the molecule is CC1(C)CC[C@]2(C(=O)OCc3ccccc3)CC[C@]3(C)C(=CC[C@@H]4[C@@]5(C)Cc6cnoc6[C@@](C)(COC(=O)CCC(=O)N6CCCC6)[C@@H]5CC[C@]43C)[C@@H]2C1. The molecule has 0 radical (unpaired) electrons. The Balaban J connectivity index is 1.07. The Kier molecular flexibility index (Phi) is 9.28. The van der Waals surface area contributed by atoms with Crippen LogP contribution in [0, 0.1) is 44.8 Å². The summed E-state index contributed by atoms with van der Waals surface area (Å²) in [5, 5.41) is 4.32. The number of benzene rings is 1. The highest BCUT2D eigenvalue weighted by molar-refractivity contribution is 5.81. The predicted molar refractivity (Wildman–Crippen MR) is 206 cm³/mol. The summed E-state index contributed by atoms with van der Waals surface area (Å²) in [5.41, 5.74) is 2.70. The van der Waals surface area contributed by atoms with Crippen molar-refractivity contribution in [2.75, 3.05) is 19.7 Å². The van der Waals surface area contributed by atoms with Crippen LogP contribution in [-0.4, -0.2) is 47.6 Å². The zero-order valence-electron chi connectivity index (χ0n) is 33.6. The maximum absolute atomic E-state index is 14.4. The minimum absolute atomic E-state index is 0.00394. The largest absolute Gasteiger partial charge is 0.465 e. The van der Waals surface area contributed by atoms with Gasteiger partial charge in [0.2, 0.25) is 5.91 Å². The lowest BCUT2D eigenvalue weighted by atomic mass is 9.33. The fraction of sp³-hybridized carbons (Fsp3) is 0.696. The average Bonchev–Trinajstić information content (AvgIpc) is 3.86. The molecule has 1 aromatic carbocycles. The van der Waals surface area contributed by atoms with Crippen LogP contribution in [0.4, 0.5) is 0 Å². The fourth-order valence-corrected chi connectivity index (χ4v) is 13.4. The second-order valence-electron chi connectivity index (χ2n) is 20.0. The molecule has 4 fully saturated rings. The molecule has 0 bridgehead atoms. The molecule has 6 aliphatic rings. The number of likely N-dealkylation sites (tertiary alicyclic amines) is 1. The Hall–Kier alpha value is -3.42. The predicted octanol–water partition coefficient (Wildman–Crippen LogP) is 9.16. The molecule has 3 saturated carbocycles. The minimum Gasteiger partial charge on any atom is -0.465 e. The monoisotopic (exact) mass is 738 g/mol. The summed E-state index contributed by atoms with van der Waals surface area (Å²) >= 11 is 0. The third-order valence-electron chi connectivity index (χ3n) is 16.6. The summed E-state index contributed by atoms with van der Waals surface area (Å²) < 4.78 is 18.4. The smallest absolute Gasteiger partial charge is 0.313 e. The number of aromatic nitrogens is 1. The lowest BCUT2D eigenvalue weighted by Gasteiger charge is -2.70. The van der Waals surface area contributed by atoms with E-state index in [4.69, 9.17) is 14.0 Å². The van der Waals surface area contributed by atoms with Gasteiger partial charge in [-0.05, 0) is 123 Å². The summed E-state index contributed by atoms with van der Waals surface area (Å²) in [4.78, 5) is 42.1. The van der Waals surface area contributed by atoms with Gasteiger partial charge in [0.05, 0.1) is 23.4 Å². The highest BCUT2D eigenvalue weighted by Crippen LogP contribution is 2.75. The van der Waals surface area contributed by atoms with Crippen molar-refractivity contribution in [2.45, 2.75) is 137 Å². The van der Waals surface area contributed by atoms with Crippen molar-refractivity contribution in [3.63, 3.8) is 0 Å². The van der Waals surface area contributed by atoms with Gasteiger partial charge in [-0.2, -0.15) is 0 Å². The standard InChI is InChI=1S/C46H62N2O6/c1-41(2)20-22-46(40(51)52-29-31-12-8-7-9-13-31)23-21-44(5)33(34(46)27-41)14-15-36-42(3)26-32-28-47-54-39(32)43(4,35(42)18-19-45(36,44)6)30-53-38(50)17-16-37(49)48-24-10-11-25-48/h7-9,12-14,28,34-36H,10-11,15-27,29-30H2,1-6H3/t34-,35+,36+,42-,43-,44+,45+,46-/m0/s1. The molecule has 2 aromatic rings. The van der Waals surface area contributed by atoms with Crippen LogP contribution in [0.25, 0.3) is 0 Å². The Morgan fingerprint density at radius 2 is 1.63 bits per heavy atom. The number of rotatable bonds is 8. The first-order valence-electron chi connectivity index (χ1n) is 20.9. The van der Waals surface area contributed by atoms with Crippen LogP contribution in [0.1, 0.15) is 135 Å². The van der Waals surface area contributed by atoms with Crippen molar-refractivity contribution in [3.05, 3.63) is 65.1 Å². The number of nitrogens with zero attached hydrogens (tertiary/aromatic N) is 2. The molecule has 292 valence electrons. The van der Waals surface area contributed by atoms with E-state index in [9.17, 15) is 14.4 Å². The Bertz CT molecular complexity index is 1810. The van der Waals surface area contributed by atoms with Crippen LogP contribution in [0.2, 0.25) is 0 Å². The lowest BCUT2D eigenvalue weighted by molar-refractivity contribution is -0.185. The molecule has 5 aliphatic carbocycles. The van der Waals surface area contributed by atoms with Crippen molar-refractivity contribution in [3.8, 4) is 0 Å². The van der Waals surface area contributed by atoms with Crippen LogP contribution in [0.5, 0.6) is 0 Å². The molecule has 8 heteroatoms. The third kappa shape index (κ3) is 5.81. The van der Waals surface area contributed by atoms with Gasteiger partial charge >= 0.3 is 11.9 Å². The maximum Gasteiger partial charge on any atom is 0.313 e. The molecule has 0 N–H and O–H groups in total. The Morgan fingerprint density at radius 3 is 2.39 bits per heavy atom. The van der Waals surface area contributed by atoms with Gasteiger partial charge in [0.1, 0.15) is 19.0 Å². The zero-order chi connectivity index (χ0) is 38.1. The van der Waals surface area contributed by atoms with Gasteiger partial charge in [0.15, 0.2) is 0 Å². The van der Waals surface area contributed by atoms with Gasteiger partial charge in [0, 0.05) is 25.1 Å². The quantitative estimate of drug-likeness (QED) is 0.197. The lowest BCUT2D eigenvalue weighted by Crippen LogP contribution is -2.65. The molecule has 0 unspecified atom stereocenters. The minimum atomic E-state index is -0.530. The van der Waals surface area contributed by atoms with Crippen molar-refractivity contribution >= 4 is 17.8 Å². The van der Waals surface area contributed by atoms with Gasteiger partial charge in [-0.3, -0.25) is 14.4 Å². The van der Waals surface area contributed by atoms with E-state index in [0.29, 0.717) is 12.5 Å². The number of amides is 1. The first-order chi connectivity index (χ1) is 25.7. The molecule has 0 spiro atoms. The molecule has 2 heterocycles. The number of ether oxygens (including phenoxy) is 2. The molecular formula is C46H62N2O6. The number of carbonyl (C=O) groups excluding carboxylic acids is 3. The molecule has 54 heavy (non-hydrogen) atoms. The topological polar surface area (TPSA) is 98.9 Å². The van der Waals surface area contributed by atoms with Gasteiger partial charge < -0.3 is 18.9 Å². The number of fused-ring (bicyclic) bond motifs is 8. The highest BCUT2D eigenvalue weighted by atomic mass is 16.5.